The minimum Gasteiger partial charge on any atom is -0.497 e. The van der Waals surface area contributed by atoms with E-state index in [1.807, 2.05) is 12.1 Å². The molecule has 0 saturated heterocycles. The standard InChI is InChI=1S/C19H25NO/c1-12-10-13(2)15(4)19(14(12)3)18(20)11-16-6-8-17(21-5)9-7-16/h6-10,18H,11,20H2,1-5H3. The van der Waals surface area contributed by atoms with E-state index in [-0.39, 0.29) is 6.04 Å². The van der Waals surface area contributed by atoms with Gasteiger partial charge < -0.3 is 10.5 Å². The second kappa shape index (κ2) is 6.31. The number of nitrogens with two attached hydrogens (primary N) is 1. The van der Waals surface area contributed by atoms with Crippen LogP contribution in [0.1, 0.15) is 39.4 Å². The van der Waals surface area contributed by atoms with Crippen LogP contribution in [-0.2, 0) is 6.42 Å². The number of ether oxygens (including phenoxy) is 1. The molecule has 1 atom stereocenters. The van der Waals surface area contributed by atoms with Crippen LogP contribution in [0.5, 0.6) is 5.75 Å². The fraction of sp³-hybridized carbons (Fsp3) is 0.368. The predicted octanol–water partition coefficient (Wildman–Crippen LogP) is 4.17. The lowest BCUT2D eigenvalue weighted by Gasteiger charge is -2.21. The number of hydrogen-bond donors (Lipinski definition) is 1. The first kappa shape index (κ1) is 15.6. The van der Waals surface area contributed by atoms with Crippen LogP contribution in [0, 0.1) is 27.7 Å². The van der Waals surface area contributed by atoms with E-state index in [0.717, 1.165) is 12.2 Å². The molecule has 0 saturated carbocycles. The van der Waals surface area contributed by atoms with Gasteiger partial charge in [-0.3, -0.25) is 0 Å². The average Bonchev–Trinajstić information content (AvgIpc) is 2.46. The molecule has 0 bridgehead atoms. The van der Waals surface area contributed by atoms with E-state index in [0.29, 0.717) is 0 Å². The third-order valence-corrected chi connectivity index (χ3v) is 4.41. The molecule has 2 rings (SSSR count). The Morgan fingerprint density at radius 1 is 0.952 bits per heavy atom. The summed E-state index contributed by atoms with van der Waals surface area (Å²) in [6.07, 6.45) is 0.842. The lowest BCUT2D eigenvalue weighted by Crippen LogP contribution is -2.17. The number of methoxy groups -OCH3 is 1. The summed E-state index contributed by atoms with van der Waals surface area (Å²) in [4.78, 5) is 0. The minimum absolute atomic E-state index is 0.0250. The van der Waals surface area contributed by atoms with Gasteiger partial charge in [0.05, 0.1) is 7.11 Å². The van der Waals surface area contributed by atoms with Crippen molar-refractivity contribution in [2.75, 3.05) is 7.11 Å². The summed E-state index contributed by atoms with van der Waals surface area (Å²) in [5, 5.41) is 0. The highest BCUT2D eigenvalue weighted by molar-refractivity contribution is 5.46. The van der Waals surface area contributed by atoms with Crippen molar-refractivity contribution in [2.24, 2.45) is 5.73 Å². The van der Waals surface area contributed by atoms with Crippen LogP contribution in [0.25, 0.3) is 0 Å². The molecule has 2 aromatic carbocycles. The Morgan fingerprint density at radius 3 is 1.95 bits per heavy atom. The normalized spacial score (nSPS) is 12.3. The van der Waals surface area contributed by atoms with E-state index in [2.05, 4.69) is 45.9 Å². The van der Waals surface area contributed by atoms with Gasteiger partial charge in [0, 0.05) is 6.04 Å². The lowest BCUT2D eigenvalue weighted by atomic mass is 9.87. The molecule has 21 heavy (non-hydrogen) atoms. The maximum Gasteiger partial charge on any atom is 0.118 e. The molecule has 2 nitrogen and oxygen atoms in total. The average molecular weight is 283 g/mol. The first-order valence-corrected chi connectivity index (χ1v) is 7.39. The molecule has 0 amide bonds. The third-order valence-electron chi connectivity index (χ3n) is 4.41. The Morgan fingerprint density at radius 2 is 1.48 bits per heavy atom. The molecule has 112 valence electrons. The van der Waals surface area contributed by atoms with E-state index < -0.39 is 0 Å². The van der Waals surface area contributed by atoms with Gasteiger partial charge in [0.25, 0.3) is 0 Å². The van der Waals surface area contributed by atoms with Crippen LogP contribution >= 0.6 is 0 Å². The van der Waals surface area contributed by atoms with Gasteiger partial charge >= 0.3 is 0 Å². The smallest absolute Gasteiger partial charge is 0.118 e. The molecule has 0 aliphatic heterocycles. The molecule has 2 N–H and O–H groups in total. The van der Waals surface area contributed by atoms with E-state index in [9.17, 15) is 0 Å². The highest BCUT2D eigenvalue weighted by Crippen LogP contribution is 2.28. The highest BCUT2D eigenvalue weighted by Gasteiger charge is 2.15. The van der Waals surface area contributed by atoms with Crippen molar-refractivity contribution < 1.29 is 4.74 Å². The minimum atomic E-state index is 0.0250. The molecule has 2 aromatic rings. The molecular weight excluding hydrogens is 258 g/mol. The quantitative estimate of drug-likeness (QED) is 0.914. The summed E-state index contributed by atoms with van der Waals surface area (Å²) < 4.78 is 5.20. The van der Waals surface area contributed by atoms with Crippen molar-refractivity contribution in [3.63, 3.8) is 0 Å². The van der Waals surface area contributed by atoms with E-state index >= 15 is 0 Å². The molecule has 0 heterocycles. The zero-order valence-electron chi connectivity index (χ0n) is 13.7. The Balaban J connectivity index is 2.29. The molecule has 0 radical (unpaired) electrons. The molecule has 0 aliphatic carbocycles. The monoisotopic (exact) mass is 283 g/mol. The van der Waals surface area contributed by atoms with Gasteiger partial charge in [0.15, 0.2) is 0 Å². The summed E-state index contributed by atoms with van der Waals surface area (Å²) in [6.45, 7) is 8.66. The molecule has 2 heteroatoms. The van der Waals surface area contributed by atoms with Gasteiger partial charge in [-0.15, -0.1) is 0 Å². The van der Waals surface area contributed by atoms with Crippen molar-refractivity contribution in [1.82, 2.24) is 0 Å². The summed E-state index contributed by atoms with van der Waals surface area (Å²) in [5.41, 5.74) is 14.3. The first-order valence-electron chi connectivity index (χ1n) is 7.39. The summed E-state index contributed by atoms with van der Waals surface area (Å²) in [7, 11) is 1.68. The van der Waals surface area contributed by atoms with Crippen molar-refractivity contribution in [3.05, 3.63) is 63.7 Å². The number of hydrogen-bond acceptors (Lipinski definition) is 2. The molecular formula is C19H25NO. The van der Waals surface area contributed by atoms with Gasteiger partial charge in [0.1, 0.15) is 5.75 Å². The van der Waals surface area contributed by atoms with Crippen molar-refractivity contribution >= 4 is 0 Å². The Hall–Kier alpha value is -1.80. The Bertz CT molecular complexity index is 603. The van der Waals surface area contributed by atoms with E-state index in [4.69, 9.17) is 10.5 Å². The lowest BCUT2D eigenvalue weighted by molar-refractivity contribution is 0.414. The molecule has 0 fully saturated rings. The highest BCUT2D eigenvalue weighted by atomic mass is 16.5. The number of benzene rings is 2. The Labute approximate surface area is 127 Å². The van der Waals surface area contributed by atoms with Gasteiger partial charge in [-0.05, 0) is 79.6 Å². The van der Waals surface area contributed by atoms with Gasteiger partial charge in [-0.2, -0.15) is 0 Å². The summed E-state index contributed by atoms with van der Waals surface area (Å²) in [6, 6.07) is 10.4. The van der Waals surface area contributed by atoms with Crippen LogP contribution < -0.4 is 10.5 Å². The third kappa shape index (κ3) is 3.27. The van der Waals surface area contributed by atoms with Crippen molar-refractivity contribution in [2.45, 2.75) is 40.2 Å². The van der Waals surface area contributed by atoms with Crippen molar-refractivity contribution in [1.29, 1.82) is 0 Å². The number of aryl methyl sites for hydroxylation is 2. The van der Waals surface area contributed by atoms with Gasteiger partial charge in [-0.25, -0.2) is 0 Å². The SMILES string of the molecule is COc1ccc(CC(N)c2c(C)c(C)cc(C)c2C)cc1. The maximum absolute atomic E-state index is 6.51. The first-order chi connectivity index (χ1) is 9.93. The van der Waals surface area contributed by atoms with Crippen LogP contribution in [-0.4, -0.2) is 7.11 Å². The predicted molar refractivity (Wildman–Crippen MR) is 89.0 cm³/mol. The molecule has 0 aromatic heterocycles. The Kier molecular flexibility index (Phi) is 4.69. The van der Waals surface area contributed by atoms with Crippen LogP contribution in [0.15, 0.2) is 30.3 Å². The van der Waals surface area contributed by atoms with Crippen LogP contribution in [0.4, 0.5) is 0 Å². The fourth-order valence-electron chi connectivity index (χ4n) is 2.92. The van der Waals surface area contributed by atoms with Gasteiger partial charge in [0.2, 0.25) is 0 Å². The second-order valence-corrected chi connectivity index (χ2v) is 5.83. The van der Waals surface area contributed by atoms with Crippen molar-refractivity contribution in [3.8, 4) is 5.75 Å². The van der Waals surface area contributed by atoms with E-state index in [1.54, 1.807) is 7.11 Å². The number of rotatable bonds is 4. The zero-order valence-corrected chi connectivity index (χ0v) is 13.7. The maximum atomic E-state index is 6.51. The largest absolute Gasteiger partial charge is 0.497 e. The van der Waals surface area contributed by atoms with E-state index in [1.165, 1.54) is 33.4 Å². The van der Waals surface area contributed by atoms with Crippen LogP contribution in [0.3, 0.4) is 0 Å². The molecule has 0 aliphatic rings. The zero-order chi connectivity index (χ0) is 15.6. The fourth-order valence-corrected chi connectivity index (χ4v) is 2.92. The summed E-state index contributed by atoms with van der Waals surface area (Å²) >= 11 is 0. The summed E-state index contributed by atoms with van der Waals surface area (Å²) in [5.74, 6) is 0.881. The topological polar surface area (TPSA) is 35.2 Å². The van der Waals surface area contributed by atoms with Gasteiger partial charge in [-0.1, -0.05) is 18.2 Å². The molecule has 0 spiro atoms. The van der Waals surface area contributed by atoms with Crippen LogP contribution in [0.2, 0.25) is 0 Å². The molecule has 1 unspecified atom stereocenters. The second-order valence-electron chi connectivity index (χ2n) is 5.83.